The van der Waals surface area contributed by atoms with Crippen LogP contribution in [0.3, 0.4) is 0 Å². The first-order valence-electron chi connectivity index (χ1n) is 16.8. The Bertz CT molecular complexity index is 2050. The molecule has 0 saturated carbocycles. The molecule has 4 aromatic rings. The van der Waals surface area contributed by atoms with Gasteiger partial charge in [0, 0.05) is 31.9 Å². The van der Waals surface area contributed by atoms with Gasteiger partial charge in [-0.2, -0.15) is 0 Å². The minimum Gasteiger partial charge on any atom is -0.550 e. The van der Waals surface area contributed by atoms with E-state index in [1.165, 1.54) is 7.11 Å². The van der Waals surface area contributed by atoms with Gasteiger partial charge >= 0.3 is 5.97 Å². The van der Waals surface area contributed by atoms with E-state index in [1.807, 2.05) is 12.1 Å². The number of esters is 1. The number of carbonyl (C=O) groups is 4. The summed E-state index contributed by atoms with van der Waals surface area (Å²) in [5, 5.41) is 26.4. The lowest BCUT2D eigenvalue weighted by Gasteiger charge is -2.06. The molecule has 0 aliphatic heterocycles. The van der Waals surface area contributed by atoms with Crippen LogP contribution in [0.25, 0.3) is 21.5 Å². The highest BCUT2D eigenvalue weighted by atomic mass is 16.5. The van der Waals surface area contributed by atoms with Gasteiger partial charge in [0.25, 0.3) is 22.2 Å². The molecule has 0 aliphatic rings. The number of aryl methyl sites for hydroxylation is 2. The quantitative estimate of drug-likeness (QED) is 0.0619. The fourth-order valence-electron chi connectivity index (χ4n) is 5.19. The number of aromatic nitrogens is 4. The van der Waals surface area contributed by atoms with E-state index in [1.54, 1.807) is 24.3 Å². The monoisotopic (exact) mass is 707 g/mol. The molecule has 0 aliphatic carbocycles. The third-order valence-electron chi connectivity index (χ3n) is 7.99. The molecule has 0 spiro atoms. The highest BCUT2D eigenvalue weighted by Crippen LogP contribution is 2.13. The number of carbonyl (C=O) groups excluding carboxylic acids is 4. The number of hydrogen-bond acceptors (Lipinski definition) is 10. The number of ether oxygens (including phenoxy) is 1. The molecule has 0 saturated heterocycles. The van der Waals surface area contributed by atoms with Crippen molar-refractivity contribution in [2.45, 2.75) is 77.0 Å². The van der Waals surface area contributed by atoms with Gasteiger partial charge in [-0.1, -0.05) is 25.0 Å². The predicted octanol–water partition coefficient (Wildman–Crippen LogP) is 0.574. The first kappa shape index (κ1) is 39.6. The molecule has 0 unspecified atom stereocenters. The Kier molecular flexibility index (Phi) is 16.1. The van der Waals surface area contributed by atoms with E-state index in [0.717, 1.165) is 62.5 Å². The summed E-state index contributed by atoms with van der Waals surface area (Å²) >= 11 is 0. The average molecular weight is 708 g/mol. The van der Waals surface area contributed by atoms with Crippen molar-refractivity contribution in [1.29, 1.82) is 0 Å². The third kappa shape index (κ3) is 13.6. The van der Waals surface area contributed by atoms with Crippen LogP contribution in [0.2, 0.25) is 0 Å². The van der Waals surface area contributed by atoms with E-state index < -0.39 is 11.9 Å². The number of aliphatic carboxylic acids is 1. The van der Waals surface area contributed by atoms with Crippen LogP contribution in [0.15, 0.2) is 55.6 Å². The Morgan fingerprint density at radius 2 is 0.980 bits per heavy atom. The first-order valence-corrected chi connectivity index (χ1v) is 16.8. The van der Waals surface area contributed by atoms with Crippen molar-refractivity contribution in [3.05, 3.63) is 88.9 Å². The summed E-state index contributed by atoms with van der Waals surface area (Å²) in [5.74, 6) is -2.07. The molecule has 0 fully saturated rings. The van der Waals surface area contributed by atoms with Crippen molar-refractivity contribution in [2.24, 2.45) is 0 Å². The molecule has 274 valence electrons. The topological polar surface area (TPSA) is 256 Å². The van der Waals surface area contributed by atoms with E-state index in [-0.39, 0.29) is 59.7 Å². The fourth-order valence-corrected chi connectivity index (χ4v) is 5.19. The minimum atomic E-state index is -1.23. The van der Waals surface area contributed by atoms with Crippen LogP contribution in [0, 0.1) is 0 Å². The summed E-state index contributed by atoms with van der Waals surface area (Å²) in [5.41, 5.74) is 0.703. The zero-order valence-electron chi connectivity index (χ0n) is 28.4. The van der Waals surface area contributed by atoms with Gasteiger partial charge in [-0.25, -0.2) is 0 Å². The van der Waals surface area contributed by atoms with Gasteiger partial charge in [0.1, 0.15) is 0 Å². The standard InChI is InChI=1S/C18H23N3O5.C17H21N3O5/c1-26-16(23)9-8-15(22)19-10-4-2-3-5-12-6-7-13-14(11-12)18(25)21-20-17(13)24;21-14(7-8-15(22)23)18-9-3-1-2-4-11-5-6-12-13(10-11)17(25)20-19-16(12)24/h6-7,11H,2-5,8-10H2,1H3,(H,19,22)(H,20,24)(H,21,25);5-6,10H,1-4,7-9H2,(H,18,21)(H,19,24)(H,20,25)(H,22,23)/p-1. The molecule has 2 heterocycles. The molecule has 4 rings (SSSR count). The second kappa shape index (κ2) is 20.7. The molecule has 2 amide bonds. The zero-order chi connectivity index (χ0) is 37.2. The number of benzene rings is 2. The zero-order valence-corrected chi connectivity index (χ0v) is 28.4. The van der Waals surface area contributed by atoms with Crippen LogP contribution in [0.5, 0.6) is 0 Å². The number of nitrogens with one attached hydrogen (secondary N) is 6. The van der Waals surface area contributed by atoms with Gasteiger partial charge in [0.15, 0.2) is 0 Å². The van der Waals surface area contributed by atoms with Crippen LogP contribution in [-0.2, 0) is 36.8 Å². The highest BCUT2D eigenvalue weighted by molar-refractivity contribution is 5.82. The molecular weight excluding hydrogens is 664 g/mol. The number of aromatic amines is 4. The van der Waals surface area contributed by atoms with Gasteiger partial charge in [0.05, 0.1) is 35.1 Å². The molecular formula is C35H43N6O10-. The summed E-state index contributed by atoms with van der Waals surface area (Å²) < 4.78 is 4.48. The van der Waals surface area contributed by atoms with Gasteiger partial charge in [-0.3, -0.25) is 54.0 Å². The largest absolute Gasteiger partial charge is 0.550 e. The summed E-state index contributed by atoms with van der Waals surface area (Å²) in [7, 11) is 1.30. The van der Waals surface area contributed by atoms with Gasteiger partial charge in [0.2, 0.25) is 11.8 Å². The summed E-state index contributed by atoms with van der Waals surface area (Å²) in [6.45, 7) is 1.06. The van der Waals surface area contributed by atoms with Crippen molar-refractivity contribution in [1.82, 2.24) is 31.0 Å². The van der Waals surface area contributed by atoms with Crippen molar-refractivity contribution >= 4 is 45.3 Å². The van der Waals surface area contributed by atoms with Crippen LogP contribution >= 0.6 is 0 Å². The number of carboxylic acid groups (broad SMARTS) is 1. The van der Waals surface area contributed by atoms with E-state index >= 15 is 0 Å². The number of methoxy groups -OCH3 is 1. The number of H-pyrrole nitrogens is 4. The Balaban J connectivity index is 0.000000276. The Hall–Kier alpha value is -5.80. The summed E-state index contributed by atoms with van der Waals surface area (Å²) in [6, 6.07) is 10.5. The normalized spacial score (nSPS) is 10.7. The summed E-state index contributed by atoms with van der Waals surface area (Å²) in [4.78, 5) is 90.8. The second-order valence-corrected chi connectivity index (χ2v) is 11.8. The number of hydrogen-bond donors (Lipinski definition) is 6. The van der Waals surface area contributed by atoms with Gasteiger partial charge in [-0.05, 0) is 80.3 Å². The smallest absolute Gasteiger partial charge is 0.306 e. The van der Waals surface area contributed by atoms with Crippen LogP contribution in [0.4, 0.5) is 0 Å². The maximum Gasteiger partial charge on any atom is 0.306 e. The lowest BCUT2D eigenvalue weighted by Crippen LogP contribution is -2.28. The van der Waals surface area contributed by atoms with Crippen LogP contribution < -0.4 is 38.0 Å². The van der Waals surface area contributed by atoms with Crippen molar-refractivity contribution in [2.75, 3.05) is 20.2 Å². The molecule has 16 nitrogen and oxygen atoms in total. The highest BCUT2D eigenvalue weighted by Gasteiger charge is 2.08. The minimum absolute atomic E-state index is 0.0624. The van der Waals surface area contributed by atoms with Crippen molar-refractivity contribution in [3.63, 3.8) is 0 Å². The number of rotatable bonds is 18. The van der Waals surface area contributed by atoms with Crippen LogP contribution in [-0.4, -0.2) is 64.3 Å². The maximum atomic E-state index is 11.8. The Labute approximate surface area is 291 Å². The average Bonchev–Trinajstić information content (AvgIpc) is 3.12. The molecule has 0 bridgehead atoms. The molecule has 0 radical (unpaired) electrons. The van der Waals surface area contributed by atoms with E-state index in [0.29, 0.717) is 34.6 Å². The third-order valence-corrected chi connectivity index (χ3v) is 7.99. The fraction of sp³-hybridized carbons (Fsp3) is 0.429. The molecule has 16 heteroatoms. The van der Waals surface area contributed by atoms with E-state index in [4.69, 9.17) is 0 Å². The van der Waals surface area contributed by atoms with Gasteiger partial charge < -0.3 is 25.3 Å². The lowest BCUT2D eigenvalue weighted by molar-refractivity contribution is -0.305. The van der Waals surface area contributed by atoms with Crippen LogP contribution in [0.1, 0.15) is 75.3 Å². The van der Waals surface area contributed by atoms with Crippen molar-refractivity contribution in [3.8, 4) is 0 Å². The lowest BCUT2D eigenvalue weighted by atomic mass is 10.0. The molecule has 0 atom stereocenters. The summed E-state index contributed by atoms with van der Waals surface area (Å²) in [6.07, 6.45) is 6.65. The predicted molar refractivity (Wildman–Crippen MR) is 187 cm³/mol. The van der Waals surface area contributed by atoms with E-state index in [9.17, 15) is 43.5 Å². The number of unbranched alkanes of at least 4 members (excludes halogenated alkanes) is 4. The van der Waals surface area contributed by atoms with Gasteiger partial charge in [-0.15, -0.1) is 0 Å². The van der Waals surface area contributed by atoms with Crippen molar-refractivity contribution < 1.29 is 29.0 Å². The Morgan fingerprint density at radius 3 is 1.39 bits per heavy atom. The van der Waals surface area contributed by atoms with E-state index in [2.05, 4.69) is 35.8 Å². The molecule has 2 aromatic carbocycles. The first-order chi connectivity index (χ1) is 24.5. The second-order valence-electron chi connectivity index (χ2n) is 11.8. The Morgan fingerprint density at radius 1 is 0.569 bits per heavy atom. The SMILES string of the molecule is COC(=O)CCC(=O)NCCCCCc1ccc2c(=O)[nH][nH]c(=O)c2c1.O=C([O-])CCC(=O)NCCCCCc1ccc2c(=O)[nH][nH]c(=O)c2c1. The maximum absolute atomic E-state index is 11.8. The number of carboxylic acids is 1. The molecule has 6 N–H and O–H groups in total. The number of fused-ring (bicyclic) bond motifs is 2. The molecule has 51 heavy (non-hydrogen) atoms. The molecule has 2 aromatic heterocycles. The number of amides is 2.